The second kappa shape index (κ2) is 7.32. The highest BCUT2D eigenvalue weighted by atomic mass is 16.1. The lowest BCUT2D eigenvalue weighted by Gasteiger charge is -2.19. The molecule has 3 heteroatoms. The molecule has 0 unspecified atom stereocenters. The minimum absolute atomic E-state index is 0.0626. The molecule has 23 heavy (non-hydrogen) atoms. The van der Waals surface area contributed by atoms with Crippen molar-refractivity contribution < 1.29 is 4.79 Å². The van der Waals surface area contributed by atoms with Gasteiger partial charge in [0, 0.05) is 24.5 Å². The maximum atomic E-state index is 12.6. The van der Waals surface area contributed by atoms with E-state index in [0.29, 0.717) is 0 Å². The first-order chi connectivity index (χ1) is 11.3. The fourth-order valence-corrected chi connectivity index (χ4v) is 3.22. The van der Waals surface area contributed by atoms with E-state index in [0.717, 1.165) is 30.8 Å². The number of carbonyl (C=O) groups is 1. The number of amides is 1. The SMILES string of the molecule is CC[C@@H](C(=O)Nc1ccc(N2CCCC2)cc1)c1ccccc1. The molecule has 3 nitrogen and oxygen atoms in total. The van der Waals surface area contributed by atoms with Crippen molar-refractivity contribution in [3.05, 3.63) is 60.2 Å². The highest BCUT2D eigenvalue weighted by molar-refractivity contribution is 5.95. The quantitative estimate of drug-likeness (QED) is 0.887. The molecule has 0 spiro atoms. The van der Waals surface area contributed by atoms with E-state index in [-0.39, 0.29) is 11.8 Å². The average molecular weight is 308 g/mol. The van der Waals surface area contributed by atoms with E-state index in [1.54, 1.807) is 0 Å². The molecule has 1 saturated heterocycles. The fraction of sp³-hybridized carbons (Fsp3) is 0.350. The molecule has 3 rings (SSSR count). The normalized spacial score (nSPS) is 15.4. The van der Waals surface area contributed by atoms with Crippen molar-refractivity contribution in [1.82, 2.24) is 0 Å². The summed E-state index contributed by atoms with van der Waals surface area (Å²) in [7, 11) is 0. The summed E-state index contributed by atoms with van der Waals surface area (Å²) in [5, 5.41) is 3.05. The van der Waals surface area contributed by atoms with Gasteiger partial charge in [-0.1, -0.05) is 37.3 Å². The van der Waals surface area contributed by atoms with E-state index in [1.165, 1.54) is 18.5 Å². The molecule has 0 radical (unpaired) electrons. The first kappa shape index (κ1) is 15.6. The predicted octanol–water partition coefficient (Wildman–Crippen LogP) is 4.42. The Bertz CT molecular complexity index is 630. The van der Waals surface area contributed by atoms with E-state index >= 15 is 0 Å². The van der Waals surface area contributed by atoms with Gasteiger partial charge in [0.2, 0.25) is 5.91 Å². The van der Waals surface area contributed by atoms with Gasteiger partial charge >= 0.3 is 0 Å². The molecule has 1 aliphatic rings. The van der Waals surface area contributed by atoms with E-state index in [4.69, 9.17) is 0 Å². The molecule has 1 amide bonds. The van der Waals surface area contributed by atoms with Crippen molar-refractivity contribution in [3.63, 3.8) is 0 Å². The van der Waals surface area contributed by atoms with Gasteiger partial charge in [-0.25, -0.2) is 0 Å². The van der Waals surface area contributed by atoms with Crippen molar-refractivity contribution >= 4 is 17.3 Å². The lowest BCUT2D eigenvalue weighted by Crippen LogP contribution is -2.21. The molecule has 2 aromatic carbocycles. The lowest BCUT2D eigenvalue weighted by molar-refractivity contribution is -0.117. The average Bonchev–Trinajstić information content (AvgIpc) is 3.12. The van der Waals surface area contributed by atoms with E-state index in [1.807, 2.05) is 49.4 Å². The molecule has 1 N–H and O–H groups in total. The maximum absolute atomic E-state index is 12.6. The molecule has 2 aromatic rings. The molecule has 0 aromatic heterocycles. The molecule has 0 aliphatic carbocycles. The highest BCUT2D eigenvalue weighted by Crippen LogP contribution is 2.24. The Kier molecular flexibility index (Phi) is 4.96. The third-order valence-corrected chi connectivity index (χ3v) is 4.53. The van der Waals surface area contributed by atoms with Crippen molar-refractivity contribution in [2.75, 3.05) is 23.3 Å². The Hall–Kier alpha value is -2.29. The number of anilines is 2. The Morgan fingerprint density at radius 1 is 1.04 bits per heavy atom. The summed E-state index contributed by atoms with van der Waals surface area (Å²) in [6.07, 6.45) is 3.34. The topological polar surface area (TPSA) is 32.3 Å². The molecule has 1 aliphatic heterocycles. The van der Waals surface area contributed by atoms with Crippen LogP contribution in [0.5, 0.6) is 0 Å². The van der Waals surface area contributed by atoms with Crippen LogP contribution in [-0.4, -0.2) is 19.0 Å². The summed E-state index contributed by atoms with van der Waals surface area (Å²) in [5.41, 5.74) is 3.18. The van der Waals surface area contributed by atoms with Crippen LogP contribution in [0.4, 0.5) is 11.4 Å². The zero-order valence-electron chi connectivity index (χ0n) is 13.7. The van der Waals surface area contributed by atoms with Gasteiger partial charge in [-0.05, 0) is 49.1 Å². The molecular formula is C20H24N2O. The van der Waals surface area contributed by atoms with Gasteiger partial charge in [0.1, 0.15) is 0 Å². The molecule has 0 bridgehead atoms. The van der Waals surface area contributed by atoms with E-state index in [9.17, 15) is 4.79 Å². The smallest absolute Gasteiger partial charge is 0.231 e. The Morgan fingerprint density at radius 3 is 2.30 bits per heavy atom. The number of nitrogens with one attached hydrogen (secondary N) is 1. The van der Waals surface area contributed by atoms with Crippen LogP contribution in [0.2, 0.25) is 0 Å². The number of rotatable bonds is 5. The summed E-state index contributed by atoms with van der Waals surface area (Å²) in [6, 6.07) is 18.2. The summed E-state index contributed by atoms with van der Waals surface area (Å²) in [4.78, 5) is 15.0. The number of carbonyl (C=O) groups excluding carboxylic acids is 1. The van der Waals surface area contributed by atoms with Crippen molar-refractivity contribution in [1.29, 1.82) is 0 Å². The second-order valence-corrected chi connectivity index (χ2v) is 6.10. The number of hydrogen-bond acceptors (Lipinski definition) is 2. The van der Waals surface area contributed by atoms with Crippen molar-refractivity contribution in [2.45, 2.75) is 32.1 Å². The van der Waals surface area contributed by atoms with Gasteiger partial charge in [-0.2, -0.15) is 0 Å². The summed E-state index contributed by atoms with van der Waals surface area (Å²) in [6.45, 7) is 4.32. The third kappa shape index (κ3) is 3.73. The Morgan fingerprint density at radius 2 is 1.70 bits per heavy atom. The van der Waals surface area contributed by atoms with Crippen LogP contribution in [0.3, 0.4) is 0 Å². The van der Waals surface area contributed by atoms with Crippen LogP contribution >= 0.6 is 0 Å². The van der Waals surface area contributed by atoms with Gasteiger partial charge < -0.3 is 10.2 Å². The molecule has 1 atom stereocenters. The summed E-state index contributed by atoms with van der Waals surface area (Å²) < 4.78 is 0. The minimum Gasteiger partial charge on any atom is -0.372 e. The Balaban J connectivity index is 1.67. The second-order valence-electron chi connectivity index (χ2n) is 6.10. The van der Waals surface area contributed by atoms with E-state index < -0.39 is 0 Å². The zero-order chi connectivity index (χ0) is 16.1. The molecular weight excluding hydrogens is 284 g/mol. The predicted molar refractivity (Wildman–Crippen MR) is 96.0 cm³/mol. The van der Waals surface area contributed by atoms with Crippen LogP contribution in [0.25, 0.3) is 0 Å². The van der Waals surface area contributed by atoms with Crippen LogP contribution < -0.4 is 10.2 Å². The van der Waals surface area contributed by atoms with Crippen LogP contribution in [0, 0.1) is 0 Å². The summed E-state index contributed by atoms with van der Waals surface area (Å²) in [5.74, 6) is -0.0397. The maximum Gasteiger partial charge on any atom is 0.231 e. The fourth-order valence-electron chi connectivity index (χ4n) is 3.22. The Labute approximate surface area is 138 Å². The van der Waals surface area contributed by atoms with Gasteiger partial charge in [-0.15, -0.1) is 0 Å². The number of benzene rings is 2. The number of nitrogens with zero attached hydrogens (tertiary/aromatic N) is 1. The van der Waals surface area contributed by atoms with Crippen LogP contribution in [0.15, 0.2) is 54.6 Å². The highest BCUT2D eigenvalue weighted by Gasteiger charge is 2.18. The van der Waals surface area contributed by atoms with Gasteiger partial charge in [0.25, 0.3) is 0 Å². The molecule has 0 saturated carbocycles. The standard InChI is InChI=1S/C20H24N2O/c1-2-19(16-8-4-3-5-9-16)20(23)21-17-10-12-18(13-11-17)22-14-6-7-15-22/h3-5,8-13,19H,2,6-7,14-15H2,1H3,(H,21,23)/t19-/m1/s1. The molecule has 120 valence electrons. The van der Waals surface area contributed by atoms with Crippen molar-refractivity contribution in [2.24, 2.45) is 0 Å². The van der Waals surface area contributed by atoms with E-state index in [2.05, 4.69) is 22.3 Å². The first-order valence-electron chi connectivity index (χ1n) is 8.48. The number of hydrogen-bond donors (Lipinski definition) is 1. The van der Waals surface area contributed by atoms with Crippen molar-refractivity contribution in [3.8, 4) is 0 Å². The first-order valence-corrected chi connectivity index (χ1v) is 8.48. The molecule has 1 heterocycles. The third-order valence-electron chi connectivity index (χ3n) is 4.53. The lowest BCUT2D eigenvalue weighted by atomic mass is 9.95. The van der Waals surface area contributed by atoms with Crippen LogP contribution in [0.1, 0.15) is 37.7 Å². The monoisotopic (exact) mass is 308 g/mol. The largest absolute Gasteiger partial charge is 0.372 e. The van der Waals surface area contributed by atoms with Crippen LogP contribution in [-0.2, 0) is 4.79 Å². The van der Waals surface area contributed by atoms with Gasteiger partial charge in [0.05, 0.1) is 5.92 Å². The molecule has 1 fully saturated rings. The van der Waals surface area contributed by atoms with Gasteiger partial charge in [-0.3, -0.25) is 4.79 Å². The minimum atomic E-state index is -0.102. The zero-order valence-corrected chi connectivity index (χ0v) is 13.7. The summed E-state index contributed by atoms with van der Waals surface area (Å²) >= 11 is 0. The van der Waals surface area contributed by atoms with Gasteiger partial charge in [0.15, 0.2) is 0 Å².